The Bertz CT molecular complexity index is 839. The minimum absolute atomic E-state index is 0.130. The first kappa shape index (κ1) is 30.4. The number of benzene rings is 1. The number of thioether (sulfide) groups is 1. The smallest absolute Gasteiger partial charge is 0.326 e. The van der Waals surface area contributed by atoms with Crippen molar-refractivity contribution in [2.24, 2.45) is 11.7 Å². The maximum atomic E-state index is 13.3. The van der Waals surface area contributed by atoms with Gasteiger partial charge in [0, 0.05) is 6.42 Å². The fraction of sp³-hybridized carbons (Fsp3) is 0.583. The third-order valence-electron chi connectivity index (χ3n) is 5.76. The first-order chi connectivity index (χ1) is 16.5. The van der Waals surface area contributed by atoms with E-state index in [4.69, 9.17) is 5.73 Å². The van der Waals surface area contributed by atoms with E-state index in [9.17, 15) is 29.4 Å². The van der Waals surface area contributed by atoms with Crippen molar-refractivity contribution in [3.05, 3.63) is 35.9 Å². The first-order valence-corrected chi connectivity index (χ1v) is 13.0. The molecule has 0 fully saturated rings. The van der Waals surface area contributed by atoms with Crippen LogP contribution >= 0.6 is 11.8 Å². The summed E-state index contributed by atoms with van der Waals surface area (Å²) in [7, 11) is 0. The Morgan fingerprint density at radius 2 is 1.57 bits per heavy atom. The molecule has 6 unspecified atom stereocenters. The first-order valence-electron chi connectivity index (χ1n) is 11.6. The molecule has 1 rings (SSSR count). The fourth-order valence-corrected chi connectivity index (χ4v) is 3.73. The number of aliphatic hydroxyl groups is 1. The van der Waals surface area contributed by atoms with E-state index < -0.39 is 54.0 Å². The summed E-state index contributed by atoms with van der Waals surface area (Å²) in [4.78, 5) is 50.4. The Morgan fingerprint density at radius 1 is 0.971 bits per heavy atom. The number of hydrogen-bond donors (Lipinski definition) is 6. The number of hydrogen-bond acceptors (Lipinski definition) is 7. The molecule has 6 atom stereocenters. The van der Waals surface area contributed by atoms with Crippen molar-refractivity contribution >= 4 is 35.5 Å². The number of aliphatic hydroxyl groups excluding tert-OH is 1. The molecule has 3 amide bonds. The van der Waals surface area contributed by atoms with E-state index in [1.54, 1.807) is 31.2 Å². The molecule has 0 heterocycles. The van der Waals surface area contributed by atoms with Crippen molar-refractivity contribution in [2.75, 3.05) is 12.0 Å². The number of carbonyl (C=O) groups excluding carboxylic acids is 3. The van der Waals surface area contributed by atoms with Crippen LogP contribution in [0.4, 0.5) is 0 Å². The average molecular weight is 511 g/mol. The molecular weight excluding hydrogens is 472 g/mol. The van der Waals surface area contributed by atoms with Gasteiger partial charge in [0.15, 0.2) is 0 Å². The molecule has 0 saturated heterocycles. The van der Waals surface area contributed by atoms with Crippen LogP contribution < -0.4 is 21.7 Å². The number of aliphatic carboxylic acids is 1. The monoisotopic (exact) mass is 510 g/mol. The molecule has 35 heavy (non-hydrogen) atoms. The quantitative estimate of drug-likeness (QED) is 0.195. The number of amides is 3. The molecule has 7 N–H and O–H groups in total. The zero-order valence-electron chi connectivity index (χ0n) is 20.7. The van der Waals surface area contributed by atoms with Crippen molar-refractivity contribution in [3.63, 3.8) is 0 Å². The Balaban J connectivity index is 3.11. The van der Waals surface area contributed by atoms with Crippen LogP contribution in [0.2, 0.25) is 0 Å². The highest BCUT2D eigenvalue weighted by atomic mass is 32.2. The van der Waals surface area contributed by atoms with Gasteiger partial charge in [-0.15, -0.1) is 0 Å². The molecule has 1 aromatic carbocycles. The minimum Gasteiger partial charge on any atom is -0.480 e. The highest BCUT2D eigenvalue weighted by Crippen LogP contribution is 2.11. The summed E-state index contributed by atoms with van der Waals surface area (Å²) in [5, 5.41) is 26.9. The lowest BCUT2D eigenvalue weighted by Gasteiger charge is -2.28. The van der Waals surface area contributed by atoms with Crippen LogP contribution in [-0.2, 0) is 25.6 Å². The molecule has 10 nitrogen and oxygen atoms in total. The van der Waals surface area contributed by atoms with Crippen molar-refractivity contribution in [1.82, 2.24) is 16.0 Å². The number of nitrogens with two attached hydrogens (primary N) is 1. The molecule has 0 spiro atoms. The lowest BCUT2D eigenvalue weighted by molar-refractivity contribution is -0.142. The molecule has 196 valence electrons. The van der Waals surface area contributed by atoms with E-state index in [2.05, 4.69) is 16.0 Å². The SMILES string of the molecule is CCC(C)C(NC(=O)C(Cc1ccccc1)NC(=O)C(N)C(C)O)C(=O)NC(CCSC)C(=O)O. The standard InChI is InChI=1S/C24H38N4O6S/c1-5-14(2)20(23(32)26-17(24(33)34)11-12-35-4)28-21(30)18(13-16-9-7-6-8-10-16)27-22(31)19(25)15(3)29/h6-10,14-15,17-20,29H,5,11-13,25H2,1-4H3,(H,26,32)(H,27,31)(H,28,30)(H,33,34). The topological polar surface area (TPSA) is 171 Å². The Morgan fingerprint density at radius 3 is 2.09 bits per heavy atom. The Labute approximate surface area is 210 Å². The molecule has 0 radical (unpaired) electrons. The molecular formula is C24H38N4O6S. The predicted molar refractivity (Wildman–Crippen MR) is 136 cm³/mol. The van der Waals surface area contributed by atoms with Crippen LogP contribution in [0.15, 0.2) is 30.3 Å². The van der Waals surface area contributed by atoms with Crippen LogP contribution in [0.25, 0.3) is 0 Å². The van der Waals surface area contributed by atoms with Gasteiger partial charge in [-0.1, -0.05) is 50.6 Å². The lowest BCUT2D eigenvalue weighted by Crippen LogP contribution is -2.59. The van der Waals surface area contributed by atoms with Crippen LogP contribution in [-0.4, -0.2) is 76.2 Å². The summed E-state index contributed by atoms with van der Waals surface area (Å²) in [6.45, 7) is 5.00. The van der Waals surface area contributed by atoms with Gasteiger partial charge in [-0.3, -0.25) is 14.4 Å². The van der Waals surface area contributed by atoms with E-state index in [-0.39, 0.29) is 18.8 Å². The van der Waals surface area contributed by atoms with E-state index >= 15 is 0 Å². The fourth-order valence-electron chi connectivity index (χ4n) is 3.26. The third kappa shape index (κ3) is 10.3. The van der Waals surface area contributed by atoms with E-state index in [1.165, 1.54) is 18.7 Å². The van der Waals surface area contributed by atoms with Crippen molar-refractivity contribution < 1.29 is 29.4 Å². The van der Waals surface area contributed by atoms with Gasteiger partial charge in [0.05, 0.1) is 6.10 Å². The van der Waals surface area contributed by atoms with Crippen molar-refractivity contribution in [1.29, 1.82) is 0 Å². The predicted octanol–water partition coefficient (Wildman–Crippen LogP) is 0.275. The maximum Gasteiger partial charge on any atom is 0.326 e. The van der Waals surface area contributed by atoms with Crippen LogP contribution in [0.5, 0.6) is 0 Å². The van der Waals surface area contributed by atoms with Gasteiger partial charge in [-0.05, 0) is 36.8 Å². The summed E-state index contributed by atoms with van der Waals surface area (Å²) in [6, 6.07) is 4.61. The largest absolute Gasteiger partial charge is 0.480 e. The number of carboxylic acids is 1. The molecule has 0 aromatic heterocycles. The van der Waals surface area contributed by atoms with E-state index in [0.717, 1.165) is 5.56 Å². The molecule has 1 aromatic rings. The number of carbonyl (C=O) groups is 4. The highest BCUT2D eigenvalue weighted by Gasteiger charge is 2.33. The maximum absolute atomic E-state index is 13.3. The Kier molecular flexibility index (Phi) is 13.4. The van der Waals surface area contributed by atoms with Gasteiger partial charge in [-0.2, -0.15) is 11.8 Å². The van der Waals surface area contributed by atoms with Gasteiger partial charge >= 0.3 is 5.97 Å². The minimum atomic E-state index is -1.23. The Hall–Kier alpha value is -2.63. The number of nitrogens with one attached hydrogen (secondary N) is 3. The highest BCUT2D eigenvalue weighted by molar-refractivity contribution is 7.98. The summed E-state index contributed by atoms with van der Waals surface area (Å²) >= 11 is 1.47. The van der Waals surface area contributed by atoms with E-state index in [1.807, 2.05) is 19.2 Å². The van der Waals surface area contributed by atoms with Gasteiger partial charge < -0.3 is 31.9 Å². The van der Waals surface area contributed by atoms with Crippen molar-refractivity contribution in [2.45, 2.75) is 70.3 Å². The molecule has 0 saturated carbocycles. The normalized spacial score (nSPS) is 16.2. The zero-order chi connectivity index (χ0) is 26.5. The molecule has 0 aliphatic carbocycles. The van der Waals surface area contributed by atoms with Gasteiger partial charge in [0.2, 0.25) is 17.7 Å². The second-order valence-electron chi connectivity index (χ2n) is 8.57. The van der Waals surface area contributed by atoms with Gasteiger partial charge in [0.25, 0.3) is 0 Å². The third-order valence-corrected chi connectivity index (χ3v) is 6.40. The number of rotatable bonds is 15. The van der Waals surface area contributed by atoms with E-state index in [0.29, 0.717) is 12.2 Å². The summed E-state index contributed by atoms with van der Waals surface area (Å²) in [5.74, 6) is -2.83. The van der Waals surface area contributed by atoms with Gasteiger partial charge in [-0.25, -0.2) is 4.79 Å². The summed E-state index contributed by atoms with van der Waals surface area (Å²) in [5.41, 5.74) is 6.50. The van der Waals surface area contributed by atoms with Crippen LogP contribution in [0, 0.1) is 5.92 Å². The zero-order valence-corrected chi connectivity index (χ0v) is 21.5. The second-order valence-corrected chi connectivity index (χ2v) is 9.56. The summed E-state index contributed by atoms with van der Waals surface area (Å²) < 4.78 is 0. The molecule has 0 aliphatic heterocycles. The van der Waals surface area contributed by atoms with Crippen molar-refractivity contribution in [3.8, 4) is 0 Å². The van der Waals surface area contributed by atoms with Crippen LogP contribution in [0.1, 0.15) is 39.2 Å². The molecule has 11 heteroatoms. The molecule has 0 aliphatic rings. The van der Waals surface area contributed by atoms with Crippen LogP contribution in [0.3, 0.4) is 0 Å². The second kappa shape index (κ2) is 15.4. The number of carboxylic acid groups (broad SMARTS) is 1. The average Bonchev–Trinajstić information content (AvgIpc) is 2.83. The summed E-state index contributed by atoms with van der Waals surface area (Å²) in [6.07, 6.45) is 1.64. The van der Waals surface area contributed by atoms with Gasteiger partial charge in [0.1, 0.15) is 24.2 Å². The molecule has 0 bridgehead atoms. The lowest BCUT2D eigenvalue weighted by atomic mass is 9.96.